The Morgan fingerprint density at radius 2 is 0.741 bits per heavy atom. The fraction of sp³-hybridized carbons (Fsp3) is 0. The first-order chi connectivity index (χ1) is 26.8. The lowest BCUT2D eigenvalue weighted by molar-refractivity contribution is 1.13. The number of hydrogen-bond acceptors (Lipinski definition) is 0. The van der Waals surface area contributed by atoms with Crippen LogP contribution < -0.4 is 0 Å². The molecule has 4 nitrogen and oxygen atoms in total. The molecule has 0 aliphatic rings. The van der Waals surface area contributed by atoms with Crippen LogP contribution >= 0.6 is 0 Å². The molecular weight excluding hydrogens is 657 g/mol. The van der Waals surface area contributed by atoms with Crippen LogP contribution in [0, 0.1) is 0 Å². The van der Waals surface area contributed by atoms with Crippen LogP contribution in [0.15, 0.2) is 194 Å². The summed E-state index contributed by atoms with van der Waals surface area (Å²) >= 11 is 0. The van der Waals surface area contributed by atoms with Gasteiger partial charge in [0.25, 0.3) is 0 Å². The molecule has 0 radical (unpaired) electrons. The quantitative estimate of drug-likeness (QED) is 0.175. The second kappa shape index (κ2) is 11.1. The van der Waals surface area contributed by atoms with Crippen LogP contribution in [0.25, 0.3) is 99.1 Å². The molecule has 54 heavy (non-hydrogen) atoms. The molecule has 0 N–H and O–H groups in total. The van der Waals surface area contributed by atoms with E-state index in [-0.39, 0.29) is 0 Å². The number of nitrogens with zero attached hydrogens (tertiary/aromatic N) is 4. The van der Waals surface area contributed by atoms with E-state index in [1.165, 1.54) is 76.3 Å². The van der Waals surface area contributed by atoms with E-state index >= 15 is 0 Å². The fourth-order valence-electron chi connectivity index (χ4n) is 9.08. The van der Waals surface area contributed by atoms with Crippen molar-refractivity contribution in [2.45, 2.75) is 0 Å². The average Bonchev–Trinajstić information content (AvgIpc) is 3.99. The Bertz CT molecular complexity index is 3410. The molecule has 0 spiro atoms. The fourth-order valence-corrected chi connectivity index (χ4v) is 9.08. The highest BCUT2D eigenvalue weighted by atomic mass is 15.0. The largest absolute Gasteiger partial charge is 0.316 e. The highest BCUT2D eigenvalue weighted by Gasteiger charge is 2.21. The summed E-state index contributed by atoms with van der Waals surface area (Å²) in [6.07, 6.45) is 2.20. The molecule has 0 amide bonds. The highest BCUT2D eigenvalue weighted by molar-refractivity contribution is 6.23. The van der Waals surface area contributed by atoms with E-state index in [1.807, 2.05) is 0 Å². The minimum absolute atomic E-state index is 1.15. The third-order valence-electron chi connectivity index (χ3n) is 11.4. The zero-order valence-electron chi connectivity index (χ0n) is 29.3. The van der Waals surface area contributed by atoms with Crippen molar-refractivity contribution in [3.8, 4) is 22.7 Å². The summed E-state index contributed by atoms with van der Waals surface area (Å²) in [6.45, 7) is 0. The van der Waals surface area contributed by atoms with Crippen molar-refractivity contribution in [2.24, 2.45) is 0 Å². The van der Waals surface area contributed by atoms with E-state index in [1.54, 1.807) is 0 Å². The number of rotatable bonds is 4. The average molecular weight is 689 g/mol. The molecule has 0 saturated carbocycles. The lowest BCUT2D eigenvalue weighted by Crippen LogP contribution is -1.97. The topological polar surface area (TPSA) is 19.7 Å². The van der Waals surface area contributed by atoms with Gasteiger partial charge < -0.3 is 18.3 Å². The molecule has 12 rings (SSSR count). The summed E-state index contributed by atoms with van der Waals surface area (Å²) in [6, 6.07) is 68.5. The monoisotopic (exact) mass is 688 g/mol. The molecule has 0 atom stereocenters. The van der Waals surface area contributed by atoms with Gasteiger partial charge in [-0.25, -0.2) is 0 Å². The van der Waals surface area contributed by atoms with Gasteiger partial charge in [-0.05, 0) is 91.0 Å². The first kappa shape index (κ1) is 29.3. The Balaban J connectivity index is 1.18. The Labute approximate surface area is 310 Å². The predicted octanol–water partition coefficient (Wildman–Crippen LogP) is 12.9. The van der Waals surface area contributed by atoms with Gasteiger partial charge in [-0.3, -0.25) is 0 Å². The zero-order chi connectivity index (χ0) is 35.3. The second-order valence-electron chi connectivity index (χ2n) is 14.2. The molecule has 12 aromatic rings. The molecule has 4 heteroatoms. The van der Waals surface area contributed by atoms with Gasteiger partial charge in [-0.2, -0.15) is 0 Å². The Morgan fingerprint density at radius 3 is 1.43 bits per heavy atom. The molecule has 0 fully saturated rings. The number of fused-ring (bicyclic) bond motifs is 11. The van der Waals surface area contributed by atoms with Crippen molar-refractivity contribution >= 4 is 76.3 Å². The van der Waals surface area contributed by atoms with Crippen LogP contribution in [0.5, 0.6) is 0 Å². The van der Waals surface area contributed by atoms with E-state index in [0.717, 1.165) is 22.7 Å². The van der Waals surface area contributed by atoms with Crippen LogP contribution in [-0.2, 0) is 0 Å². The van der Waals surface area contributed by atoms with E-state index in [2.05, 4.69) is 213 Å². The summed E-state index contributed by atoms with van der Waals surface area (Å²) in [4.78, 5) is 0. The predicted molar refractivity (Wildman–Crippen MR) is 226 cm³/mol. The molecule has 0 saturated heterocycles. The van der Waals surface area contributed by atoms with Crippen LogP contribution in [0.2, 0.25) is 0 Å². The first-order valence-electron chi connectivity index (χ1n) is 18.5. The molecule has 0 aliphatic heterocycles. The smallest absolute Gasteiger partial charge is 0.0635 e. The van der Waals surface area contributed by atoms with Gasteiger partial charge in [-0.15, -0.1) is 0 Å². The minimum atomic E-state index is 1.15. The van der Waals surface area contributed by atoms with Gasteiger partial charge in [0.15, 0.2) is 0 Å². The standard InChI is InChI=1S/C50H32N4/c1-4-14-33(15-5-1)51-29-28-40-44(51)27-25-39-43-31-42-38-21-11-13-23-46(38)53(48(42)32-49(43)54(50(39)40)35-18-8-3-9-19-35)36-24-26-47-41(30-36)37-20-10-12-22-45(37)52(47)34-16-6-2-7-17-34/h1-32H. The molecule has 4 aromatic heterocycles. The first-order valence-corrected chi connectivity index (χ1v) is 18.5. The number of hydrogen-bond donors (Lipinski definition) is 0. The normalized spacial score (nSPS) is 12.1. The molecule has 4 heterocycles. The van der Waals surface area contributed by atoms with Crippen molar-refractivity contribution in [3.05, 3.63) is 194 Å². The van der Waals surface area contributed by atoms with Crippen molar-refractivity contribution in [2.75, 3.05) is 0 Å². The maximum atomic E-state index is 2.47. The van der Waals surface area contributed by atoms with Crippen LogP contribution in [-0.4, -0.2) is 18.3 Å². The Morgan fingerprint density at radius 1 is 0.241 bits per heavy atom. The van der Waals surface area contributed by atoms with Gasteiger partial charge in [0.2, 0.25) is 0 Å². The summed E-state index contributed by atoms with van der Waals surface area (Å²) < 4.78 is 9.62. The molecule has 8 aromatic carbocycles. The molecule has 0 aliphatic carbocycles. The summed E-state index contributed by atoms with van der Waals surface area (Å²) in [7, 11) is 0. The van der Waals surface area contributed by atoms with Gasteiger partial charge in [-0.1, -0.05) is 97.1 Å². The maximum Gasteiger partial charge on any atom is 0.0635 e. The summed E-state index contributed by atoms with van der Waals surface area (Å²) in [5, 5.41) is 8.71. The van der Waals surface area contributed by atoms with Crippen LogP contribution in [0.3, 0.4) is 0 Å². The third kappa shape index (κ3) is 4.02. The van der Waals surface area contributed by atoms with Gasteiger partial charge in [0.05, 0.1) is 38.6 Å². The van der Waals surface area contributed by atoms with Crippen molar-refractivity contribution < 1.29 is 0 Å². The number of para-hydroxylation sites is 5. The zero-order valence-corrected chi connectivity index (χ0v) is 29.3. The molecule has 0 unspecified atom stereocenters. The third-order valence-corrected chi connectivity index (χ3v) is 11.4. The maximum absolute atomic E-state index is 2.47. The van der Waals surface area contributed by atoms with E-state index in [9.17, 15) is 0 Å². The van der Waals surface area contributed by atoms with Crippen LogP contribution in [0.1, 0.15) is 0 Å². The van der Waals surface area contributed by atoms with Crippen LogP contribution in [0.4, 0.5) is 0 Å². The summed E-state index contributed by atoms with van der Waals surface area (Å²) in [5.74, 6) is 0. The Hall–Kier alpha value is -7.30. The van der Waals surface area contributed by atoms with Crippen molar-refractivity contribution in [1.29, 1.82) is 0 Å². The lowest BCUT2D eigenvalue weighted by atomic mass is 10.1. The van der Waals surface area contributed by atoms with E-state index in [4.69, 9.17) is 0 Å². The second-order valence-corrected chi connectivity index (χ2v) is 14.2. The summed E-state index contributed by atoms with van der Waals surface area (Å²) in [5.41, 5.74) is 13.0. The van der Waals surface area contributed by atoms with Gasteiger partial charge >= 0.3 is 0 Å². The molecule has 0 bridgehead atoms. The number of aromatic nitrogens is 4. The lowest BCUT2D eigenvalue weighted by Gasteiger charge is -2.11. The van der Waals surface area contributed by atoms with Gasteiger partial charge in [0, 0.05) is 66.6 Å². The SMILES string of the molecule is c1ccc(-n2ccc3c2ccc2c4cc5c6ccccc6n(-c6ccc7c(c6)c6ccccc6n7-c6ccccc6)c5cc4n(-c4ccccc4)c23)cc1. The molecule has 252 valence electrons. The van der Waals surface area contributed by atoms with Crippen molar-refractivity contribution in [3.63, 3.8) is 0 Å². The van der Waals surface area contributed by atoms with Crippen molar-refractivity contribution in [1.82, 2.24) is 18.3 Å². The number of benzene rings is 8. The minimum Gasteiger partial charge on any atom is -0.316 e. The Kier molecular flexibility index (Phi) is 6.02. The van der Waals surface area contributed by atoms with E-state index < -0.39 is 0 Å². The molecular formula is C50H32N4. The highest BCUT2D eigenvalue weighted by Crippen LogP contribution is 2.43. The van der Waals surface area contributed by atoms with E-state index in [0.29, 0.717) is 0 Å². The van der Waals surface area contributed by atoms with Gasteiger partial charge in [0.1, 0.15) is 0 Å².